The maximum absolute atomic E-state index is 5.48. The maximum Gasteiger partial charge on any atom is 0.0674 e. The Morgan fingerprint density at radius 2 is 2.29 bits per heavy atom. The zero-order valence-electron chi connectivity index (χ0n) is 9.50. The molecule has 0 radical (unpaired) electrons. The molecule has 1 aliphatic heterocycles. The molecule has 0 aliphatic carbocycles. The third-order valence-electron chi connectivity index (χ3n) is 2.44. The predicted molar refractivity (Wildman–Crippen MR) is 57.6 cm³/mol. The second-order valence-electron chi connectivity index (χ2n) is 3.95. The van der Waals surface area contributed by atoms with Crippen LogP contribution < -0.4 is 0 Å². The fourth-order valence-electron chi connectivity index (χ4n) is 1.73. The van der Waals surface area contributed by atoms with Gasteiger partial charge in [-0.25, -0.2) is 0 Å². The van der Waals surface area contributed by atoms with Gasteiger partial charge in [-0.2, -0.15) is 0 Å². The summed E-state index contributed by atoms with van der Waals surface area (Å²) < 4.78 is 10.9. The Balaban J connectivity index is 1.95. The zero-order valence-corrected chi connectivity index (χ0v) is 9.50. The van der Waals surface area contributed by atoms with Gasteiger partial charge in [-0.05, 0) is 19.8 Å². The Bertz CT molecular complexity index is 141. The first-order valence-corrected chi connectivity index (χ1v) is 5.74. The Morgan fingerprint density at radius 3 is 3.00 bits per heavy atom. The van der Waals surface area contributed by atoms with Crippen molar-refractivity contribution in [3.8, 4) is 0 Å². The van der Waals surface area contributed by atoms with E-state index < -0.39 is 0 Å². The molecular formula is C11H23NO2. The Hall–Kier alpha value is -0.120. The van der Waals surface area contributed by atoms with Crippen LogP contribution in [0.1, 0.15) is 26.7 Å². The average Bonchev–Trinajstić information content (AvgIpc) is 2.18. The molecule has 0 aromatic heterocycles. The summed E-state index contributed by atoms with van der Waals surface area (Å²) in [4.78, 5) is 2.46. The van der Waals surface area contributed by atoms with E-state index in [1.165, 1.54) is 0 Å². The molecule has 0 unspecified atom stereocenters. The van der Waals surface area contributed by atoms with E-state index in [0.717, 1.165) is 52.3 Å². The second kappa shape index (κ2) is 7.21. The molecule has 0 N–H and O–H groups in total. The third-order valence-corrected chi connectivity index (χ3v) is 2.44. The van der Waals surface area contributed by atoms with E-state index in [-0.39, 0.29) is 0 Å². The van der Waals surface area contributed by atoms with Crippen LogP contribution in [0.3, 0.4) is 0 Å². The minimum atomic E-state index is 0.403. The van der Waals surface area contributed by atoms with Gasteiger partial charge in [-0.1, -0.05) is 6.92 Å². The minimum absolute atomic E-state index is 0.403. The highest BCUT2D eigenvalue weighted by Gasteiger charge is 2.15. The summed E-state index contributed by atoms with van der Waals surface area (Å²) in [6, 6.07) is 0. The van der Waals surface area contributed by atoms with Crippen LogP contribution in [0.2, 0.25) is 0 Å². The van der Waals surface area contributed by atoms with E-state index in [1.807, 2.05) is 0 Å². The monoisotopic (exact) mass is 201 g/mol. The number of nitrogens with zero attached hydrogens (tertiary/aromatic N) is 1. The molecule has 1 atom stereocenters. The van der Waals surface area contributed by atoms with Crippen molar-refractivity contribution in [3.05, 3.63) is 0 Å². The average molecular weight is 201 g/mol. The Kier molecular flexibility index (Phi) is 6.15. The summed E-state index contributed by atoms with van der Waals surface area (Å²) in [6.45, 7) is 10.3. The summed E-state index contributed by atoms with van der Waals surface area (Å²) >= 11 is 0. The summed E-state index contributed by atoms with van der Waals surface area (Å²) in [6.07, 6.45) is 2.67. The number of ether oxygens (including phenoxy) is 2. The van der Waals surface area contributed by atoms with E-state index in [9.17, 15) is 0 Å². The molecule has 84 valence electrons. The van der Waals surface area contributed by atoms with Gasteiger partial charge in [0.05, 0.1) is 12.7 Å². The van der Waals surface area contributed by atoms with Crippen LogP contribution in [0.4, 0.5) is 0 Å². The van der Waals surface area contributed by atoms with Crippen LogP contribution in [0, 0.1) is 0 Å². The van der Waals surface area contributed by atoms with Crippen LogP contribution in [-0.2, 0) is 9.47 Å². The van der Waals surface area contributed by atoms with Crippen LogP contribution in [-0.4, -0.2) is 50.5 Å². The molecule has 0 spiro atoms. The van der Waals surface area contributed by atoms with Crippen LogP contribution in [0.25, 0.3) is 0 Å². The fourth-order valence-corrected chi connectivity index (χ4v) is 1.73. The van der Waals surface area contributed by atoms with Gasteiger partial charge in [0.25, 0.3) is 0 Å². The molecule has 0 aromatic carbocycles. The van der Waals surface area contributed by atoms with Gasteiger partial charge in [-0.15, -0.1) is 0 Å². The minimum Gasteiger partial charge on any atom is -0.381 e. The molecule has 1 aliphatic rings. The van der Waals surface area contributed by atoms with E-state index in [2.05, 4.69) is 18.7 Å². The fraction of sp³-hybridized carbons (Fsp3) is 1.00. The van der Waals surface area contributed by atoms with E-state index in [4.69, 9.17) is 9.47 Å². The molecule has 0 aromatic rings. The predicted octanol–water partition coefficient (Wildman–Crippen LogP) is 1.52. The summed E-state index contributed by atoms with van der Waals surface area (Å²) in [5.74, 6) is 0. The first-order chi connectivity index (χ1) is 6.83. The molecule has 3 heteroatoms. The van der Waals surface area contributed by atoms with E-state index in [0.29, 0.717) is 6.10 Å². The van der Waals surface area contributed by atoms with Crippen molar-refractivity contribution in [1.82, 2.24) is 4.90 Å². The second-order valence-corrected chi connectivity index (χ2v) is 3.95. The molecule has 3 nitrogen and oxygen atoms in total. The number of morpholine rings is 1. The van der Waals surface area contributed by atoms with Crippen LogP contribution in [0.5, 0.6) is 0 Å². The van der Waals surface area contributed by atoms with Gasteiger partial charge in [0, 0.05) is 32.8 Å². The summed E-state index contributed by atoms with van der Waals surface area (Å²) in [7, 11) is 0. The number of hydrogen-bond acceptors (Lipinski definition) is 3. The zero-order chi connectivity index (χ0) is 10.2. The van der Waals surface area contributed by atoms with E-state index in [1.54, 1.807) is 0 Å². The van der Waals surface area contributed by atoms with Gasteiger partial charge in [0.15, 0.2) is 0 Å². The first kappa shape index (κ1) is 12.0. The van der Waals surface area contributed by atoms with Crippen molar-refractivity contribution in [1.29, 1.82) is 0 Å². The van der Waals surface area contributed by atoms with Crippen LogP contribution in [0.15, 0.2) is 0 Å². The molecule has 14 heavy (non-hydrogen) atoms. The van der Waals surface area contributed by atoms with Gasteiger partial charge < -0.3 is 9.47 Å². The van der Waals surface area contributed by atoms with Crippen molar-refractivity contribution < 1.29 is 9.47 Å². The smallest absolute Gasteiger partial charge is 0.0674 e. The number of hydrogen-bond donors (Lipinski definition) is 0. The molecular weight excluding hydrogens is 178 g/mol. The topological polar surface area (TPSA) is 21.7 Å². The van der Waals surface area contributed by atoms with Gasteiger partial charge >= 0.3 is 0 Å². The van der Waals surface area contributed by atoms with Crippen molar-refractivity contribution in [3.63, 3.8) is 0 Å². The van der Waals surface area contributed by atoms with Crippen LogP contribution >= 0.6 is 0 Å². The van der Waals surface area contributed by atoms with Crippen molar-refractivity contribution in [2.24, 2.45) is 0 Å². The Morgan fingerprint density at radius 1 is 1.43 bits per heavy atom. The third kappa shape index (κ3) is 4.94. The van der Waals surface area contributed by atoms with E-state index >= 15 is 0 Å². The lowest BCUT2D eigenvalue weighted by atomic mass is 10.3. The van der Waals surface area contributed by atoms with Crippen molar-refractivity contribution in [2.45, 2.75) is 32.8 Å². The SMILES string of the molecule is CCCOCCCN1CCO[C@@H](C)C1. The highest BCUT2D eigenvalue weighted by molar-refractivity contribution is 4.67. The summed E-state index contributed by atoms with van der Waals surface area (Å²) in [5.41, 5.74) is 0. The molecule has 1 rings (SSSR count). The first-order valence-electron chi connectivity index (χ1n) is 5.74. The normalized spacial score (nSPS) is 24.0. The van der Waals surface area contributed by atoms with Gasteiger partial charge in [0.1, 0.15) is 0 Å². The van der Waals surface area contributed by atoms with Gasteiger partial charge in [-0.3, -0.25) is 4.90 Å². The molecule has 1 fully saturated rings. The molecule has 0 amide bonds. The lowest BCUT2D eigenvalue weighted by molar-refractivity contribution is -0.0208. The highest BCUT2D eigenvalue weighted by Crippen LogP contribution is 2.04. The summed E-state index contributed by atoms with van der Waals surface area (Å²) in [5, 5.41) is 0. The largest absolute Gasteiger partial charge is 0.381 e. The maximum atomic E-state index is 5.48. The lowest BCUT2D eigenvalue weighted by Gasteiger charge is -2.30. The van der Waals surface area contributed by atoms with Gasteiger partial charge in [0.2, 0.25) is 0 Å². The standard InChI is InChI=1S/C11H23NO2/c1-3-7-13-8-4-5-12-6-9-14-11(2)10-12/h11H,3-10H2,1-2H3/t11-/m0/s1. The quantitative estimate of drug-likeness (QED) is 0.608. The molecule has 0 bridgehead atoms. The highest BCUT2D eigenvalue weighted by atomic mass is 16.5. The Labute approximate surface area is 87.4 Å². The van der Waals surface area contributed by atoms with Crippen molar-refractivity contribution in [2.75, 3.05) is 39.5 Å². The molecule has 1 heterocycles. The molecule has 1 saturated heterocycles. The number of rotatable bonds is 6. The van der Waals surface area contributed by atoms with Crippen molar-refractivity contribution >= 4 is 0 Å². The lowest BCUT2D eigenvalue weighted by Crippen LogP contribution is -2.41. The molecule has 0 saturated carbocycles.